The number of carbonyl (C=O) groups is 1. The van der Waals surface area contributed by atoms with Gasteiger partial charge in [0.1, 0.15) is 29.2 Å². The molecule has 2 aromatic rings. The predicted octanol–water partition coefficient (Wildman–Crippen LogP) is 2.77. The molecule has 0 bridgehead atoms. The summed E-state index contributed by atoms with van der Waals surface area (Å²) in [5, 5.41) is 22.6. The third-order valence-corrected chi connectivity index (χ3v) is 4.13. The molecule has 1 atom stereocenters. The van der Waals surface area contributed by atoms with E-state index < -0.39 is 17.8 Å². The van der Waals surface area contributed by atoms with Crippen LogP contribution in [0.3, 0.4) is 0 Å². The fraction of sp³-hybridized carbons (Fsp3) is 0.235. The second kappa shape index (κ2) is 8.17. The van der Waals surface area contributed by atoms with Crippen LogP contribution in [0.5, 0.6) is 17.2 Å². The van der Waals surface area contributed by atoms with Crippen molar-refractivity contribution in [3.63, 3.8) is 0 Å². The molecular formula is C17H17BrFNO5. The molecule has 0 spiro atoms. The number of ether oxygens (including phenoxy) is 2. The zero-order valence-corrected chi connectivity index (χ0v) is 15.1. The number of carbonyl (C=O) groups excluding carboxylic acids is 1. The van der Waals surface area contributed by atoms with Crippen LogP contribution >= 0.6 is 15.9 Å². The SMILES string of the molecule is COc1ccc(OC)c([C@H](O)CNC(=O)c2cc(F)cc(Br)c2O)c1. The lowest BCUT2D eigenvalue weighted by atomic mass is 10.1. The standard InChI is InChI=1S/C17H17BrFNO5/c1-24-10-3-4-15(25-2)11(7-10)14(21)8-20-17(23)12-5-9(19)6-13(18)16(12)22/h3-7,14,21-22H,8H2,1-2H3,(H,20,23)/t14-/m1/s1. The van der Waals surface area contributed by atoms with Crippen LogP contribution in [0.4, 0.5) is 4.39 Å². The molecule has 25 heavy (non-hydrogen) atoms. The van der Waals surface area contributed by atoms with Gasteiger partial charge in [0.05, 0.1) is 24.3 Å². The summed E-state index contributed by atoms with van der Waals surface area (Å²) >= 11 is 2.97. The second-order valence-corrected chi connectivity index (χ2v) is 5.97. The van der Waals surface area contributed by atoms with Crippen LogP contribution in [-0.4, -0.2) is 36.9 Å². The van der Waals surface area contributed by atoms with E-state index in [4.69, 9.17) is 9.47 Å². The van der Waals surface area contributed by atoms with Crippen LogP contribution in [0, 0.1) is 5.82 Å². The molecule has 0 saturated carbocycles. The number of methoxy groups -OCH3 is 2. The first-order valence-corrected chi connectivity index (χ1v) is 8.02. The number of rotatable bonds is 6. The average molecular weight is 414 g/mol. The van der Waals surface area contributed by atoms with E-state index in [1.54, 1.807) is 18.2 Å². The molecule has 8 heteroatoms. The number of aliphatic hydroxyl groups is 1. The second-order valence-electron chi connectivity index (χ2n) is 5.12. The Labute approximate surface area is 152 Å². The fourth-order valence-electron chi connectivity index (χ4n) is 2.23. The average Bonchev–Trinajstić information content (AvgIpc) is 2.61. The lowest BCUT2D eigenvalue weighted by molar-refractivity contribution is 0.0911. The van der Waals surface area contributed by atoms with E-state index in [0.29, 0.717) is 17.1 Å². The number of hydrogen-bond donors (Lipinski definition) is 3. The number of amides is 1. The van der Waals surface area contributed by atoms with Gasteiger partial charge in [0.2, 0.25) is 0 Å². The molecule has 134 valence electrons. The van der Waals surface area contributed by atoms with Crippen LogP contribution < -0.4 is 14.8 Å². The lowest BCUT2D eigenvalue weighted by Crippen LogP contribution is -2.28. The molecule has 0 aromatic heterocycles. The van der Waals surface area contributed by atoms with Gasteiger partial charge in [-0.25, -0.2) is 4.39 Å². The van der Waals surface area contributed by atoms with E-state index in [2.05, 4.69) is 21.2 Å². The van der Waals surface area contributed by atoms with Gasteiger partial charge in [0, 0.05) is 12.1 Å². The van der Waals surface area contributed by atoms with Crippen molar-refractivity contribution < 1.29 is 28.9 Å². The molecular weight excluding hydrogens is 397 g/mol. The van der Waals surface area contributed by atoms with Crippen molar-refractivity contribution in [2.24, 2.45) is 0 Å². The van der Waals surface area contributed by atoms with E-state index in [0.717, 1.165) is 12.1 Å². The summed E-state index contributed by atoms with van der Waals surface area (Å²) in [4.78, 5) is 12.2. The number of halogens is 2. The minimum absolute atomic E-state index is 0.0627. The maximum absolute atomic E-state index is 13.4. The number of benzene rings is 2. The Morgan fingerprint density at radius 1 is 1.28 bits per heavy atom. The Bertz CT molecular complexity index is 784. The summed E-state index contributed by atoms with van der Waals surface area (Å²) in [5.74, 6) is -0.831. The molecule has 0 saturated heterocycles. The third-order valence-electron chi connectivity index (χ3n) is 3.52. The highest BCUT2D eigenvalue weighted by Gasteiger charge is 2.19. The Morgan fingerprint density at radius 2 is 2.00 bits per heavy atom. The van der Waals surface area contributed by atoms with E-state index >= 15 is 0 Å². The molecule has 0 aliphatic carbocycles. The molecule has 0 fully saturated rings. The highest BCUT2D eigenvalue weighted by molar-refractivity contribution is 9.10. The number of nitrogens with one attached hydrogen (secondary N) is 1. The number of hydrogen-bond acceptors (Lipinski definition) is 5. The highest BCUT2D eigenvalue weighted by atomic mass is 79.9. The number of aliphatic hydroxyl groups excluding tert-OH is 1. The molecule has 0 radical (unpaired) electrons. The van der Waals surface area contributed by atoms with Crippen LogP contribution in [0.1, 0.15) is 22.0 Å². The summed E-state index contributed by atoms with van der Waals surface area (Å²) < 4.78 is 23.8. The summed E-state index contributed by atoms with van der Waals surface area (Å²) in [6.45, 7) is -0.171. The molecule has 0 unspecified atom stereocenters. The normalized spacial score (nSPS) is 11.7. The first-order valence-electron chi connectivity index (χ1n) is 7.23. The van der Waals surface area contributed by atoms with Gasteiger partial charge in [-0.1, -0.05) is 0 Å². The van der Waals surface area contributed by atoms with Gasteiger partial charge in [0.25, 0.3) is 5.91 Å². The van der Waals surface area contributed by atoms with Gasteiger partial charge in [-0.15, -0.1) is 0 Å². The fourth-order valence-corrected chi connectivity index (χ4v) is 2.67. The van der Waals surface area contributed by atoms with Gasteiger partial charge in [0.15, 0.2) is 0 Å². The van der Waals surface area contributed by atoms with Crippen molar-refractivity contribution in [1.82, 2.24) is 5.32 Å². The van der Waals surface area contributed by atoms with Crippen LogP contribution in [0.15, 0.2) is 34.8 Å². The van der Waals surface area contributed by atoms with Gasteiger partial charge in [-0.3, -0.25) is 4.79 Å². The van der Waals surface area contributed by atoms with Gasteiger partial charge in [-0.2, -0.15) is 0 Å². The molecule has 2 rings (SSSR count). The third kappa shape index (κ3) is 4.40. The van der Waals surface area contributed by atoms with Crippen LogP contribution in [-0.2, 0) is 0 Å². The van der Waals surface area contributed by atoms with Gasteiger partial charge in [-0.05, 0) is 46.3 Å². The maximum atomic E-state index is 13.4. The summed E-state index contributed by atoms with van der Waals surface area (Å²) in [5.41, 5.74) is 0.184. The quantitative estimate of drug-likeness (QED) is 0.677. The first kappa shape index (κ1) is 19.0. The maximum Gasteiger partial charge on any atom is 0.255 e. The minimum Gasteiger partial charge on any atom is -0.506 e. The number of phenolic OH excluding ortho intramolecular Hbond substituents is 1. The number of phenols is 1. The van der Waals surface area contributed by atoms with Gasteiger partial charge >= 0.3 is 0 Å². The Kier molecular flexibility index (Phi) is 6.22. The van der Waals surface area contributed by atoms with Crippen molar-refractivity contribution in [3.8, 4) is 17.2 Å². The zero-order valence-electron chi connectivity index (χ0n) is 13.5. The highest BCUT2D eigenvalue weighted by Crippen LogP contribution is 2.30. The Hall–Kier alpha value is -2.32. The van der Waals surface area contributed by atoms with Crippen molar-refractivity contribution in [2.45, 2.75) is 6.10 Å². The Balaban J connectivity index is 2.15. The molecule has 0 heterocycles. The van der Waals surface area contributed by atoms with Crippen molar-refractivity contribution in [3.05, 3.63) is 51.7 Å². The first-order chi connectivity index (χ1) is 11.9. The molecule has 2 aromatic carbocycles. The summed E-state index contributed by atoms with van der Waals surface area (Å²) in [6, 6.07) is 6.85. The summed E-state index contributed by atoms with van der Waals surface area (Å²) in [6.07, 6.45) is -1.09. The van der Waals surface area contributed by atoms with Crippen LogP contribution in [0.25, 0.3) is 0 Å². The zero-order chi connectivity index (χ0) is 18.6. The smallest absolute Gasteiger partial charge is 0.255 e. The molecule has 0 aliphatic rings. The van der Waals surface area contributed by atoms with E-state index in [-0.39, 0.29) is 22.3 Å². The number of aromatic hydroxyl groups is 1. The molecule has 1 amide bonds. The van der Waals surface area contributed by atoms with E-state index in [1.807, 2.05) is 0 Å². The monoisotopic (exact) mass is 413 g/mol. The van der Waals surface area contributed by atoms with Crippen LogP contribution in [0.2, 0.25) is 0 Å². The topological polar surface area (TPSA) is 88.0 Å². The van der Waals surface area contributed by atoms with E-state index in [1.165, 1.54) is 14.2 Å². The summed E-state index contributed by atoms with van der Waals surface area (Å²) in [7, 11) is 2.95. The van der Waals surface area contributed by atoms with Crippen molar-refractivity contribution in [2.75, 3.05) is 20.8 Å². The van der Waals surface area contributed by atoms with E-state index in [9.17, 15) is 19.4 Å². The Morgan fingerprint density at radius 3 is 2.64 bits per heavy atom. The van der Waals surface area contributed by atoms with Crippen molar-refractivity contribution in [1.29, 1.82) is 0 Å². The molecule has 3 N–H and O–H groups in total. The van der Waals surface area contributed by atoms with Gasteiger partial charge < -0.3 is 25.0 Å². The van der Waals surface area contributed by atoms with Crippen molar-refractivity contribution >= 4 is 21.8 Å². The minimum atomic E-state index is -1.09. The predicted molar refractivity (Wildman–Crippen MR) is 92.6 cm³/mol. The largest absolute Gasteiger partial charge is 0.506 e. The molecule has 6 nitrogen and oxygen atoms in total. The lowest BCUT2D eigenvalue weighted by Gasteiger charge is -2.17. The molecule has 0 aliphatic heterocycles.